The smallest absolute Gasteiger partial charge is 0.166 e. The van der Waals surface area contributed by atoms with E-state index in [1.54, 1.807) is 6.08 Å². The molecule has 0 radical (unpaired) electrons. The average molecular weight is 210 g/mol. The van der Waals surface area contributed by atoms with Crippen molar-refractivity contribution in [3.05, 3.63) is 23.5 Å². The number of carbonyl (C=O) groups excluding carboxylic acids is 1. The molecule has 0 aromatic heterocycles. The molecule has 2 heteroatoms. The van der Waals surface area contributed by atoms with Crippen LogP contribution in [0.4, 0.5) is 0 Å². The summed E-state index contributed by atoms with van der Waals surface area (Å²) >= 11 is 0. The fraction of sp³-hybridized carbons (Fsp3) is 0.615. The Morgan fingerprint density at radius 3 is 2.60 bits per heavy atom. The predicted octanol–water partition coefficient (Wildman–Crippen LogP) is 3.79. The van der Waals surface area contributed by atoms with Crippen molar-refractivity contribution in [3.63, 3.8) is 0 Å². The van der Waals surface area contributed by atoms with Crippen molar-refractivity contribution >= 4 is 5.78 Å². The molecule has 2 nitrogen and oxygen atoms in total. The number of rotatable bonds is 4. The third-order valence-electron chi connectivity index (χ3n) is 2.66. The molecule has 0 fully saturated rings. The Hall–Kier alpha value is -1.05. The zero-order valence-electron chi connectivity index (χ0n) is 8.92. The summed E-state index contributed by atoms with van der Waals surface area (Å²) in [5.41, 5.74) is 0.525. The average Bonchev–Trinajstić information content (AvgIpc) is 2.18. The Balaban J connectivity index is 0.00000196. The second-order valence-corrected chi connectivity index (χ2v) is 3.93. The third-order valence-corrected chi connectivity index (χ3v) is 2.66. The van der Waals surface area contributed by atoms with E-state index in [9.17, 15) is 9.90 Å². The SMILES string of the molecule is C.CCC(C)CC(=O)C1=CCCC=C1O. The number of hydrogen-bond donors (Lipinski definition) is 1. The fourth-order valence-electron chi connectivity index (χ4n) is 1.49. The summed E-state index contributed by atoms with van der Waals surface area (Å²) in [6.07, 6.45) is 6.82. The first-order valence-corrected chi connectivity index (χ1v) is 5.28. The maximum absolute atomic E-state index is 11.7. The van der Waals surface area contributed by atoms with Crippen molar-refractivity contribution in [2.75, 3.05) is 0 Å². The fourth-order valence-corrected chi connectivity index (χ4v) is 1.49. The molecule has 1 N–H and O–H groups in total. The van der Waals surface area contributed by atoms with Gasteiger partial charge in [0, 0.05) is 6.42 Å². The molecule has 0 heterocycles. The first kappa shape index (κ1) is 13.9. The molecule has 0 spiro atoms. The number of allylic oxidation sites excluding steroid dienone is 3. The van der Waals surface area contributed by atoms with Gasteiger partial charge in [-0.15, -0.1) is 0 Å². The van der Waals surface area contributed by atoms with Crippen LogP contribution in [0.15, 0.2) is 23.5 Å². The van der Waals surface area contributed by atoms with Crippen LogP contribution in [0.2, 0.25) is 0 Å². The molecule has 0 aliphatic heterocycles. The van der Waals surface area contributed by atoms with Gasteiger partial charge in [0.05, 0.1) is 5.57 Å². The number of Topliss-reactive ketones (excluding diaryl/α,β-unsaturated/α-hetero) is 1. The standard InChI is InChI=1S/C12H18O2.CH4/c1-3-9(2)8-12(14)10-6-4-5-7-11(10)13;/h6-7,9,13H,3-5,8H2,1-2H3;1H4. The van der Waals surface area contributed by atoms with E-state index in [1.807, 2.05) is 6.08 Å². The molecule has 0 saturated carbocycles. The van der Waals surface area contributed by atoms with Crippen LogP contribution in [0.25, 0.3) is 0 Å². The lowest BCUT2D eigenvalue weighted by Gasteiger charge is -2.12. The first-order chi connectivity index (χ1) is 6.65. The Morgan fingerprint density at radius 2 is 2.07 bits per heavy atom. The molecule has 15 heavy (non-hydrogen) atoms. The van der Waals surface area contributed by atoms with Crippen molar-refractivity contribution in [1.29, 1.82) is 0 Å². The second-order valence-electron chi connectivity index (χ2n) is 3.93. The lowest BCUT2D eigenvalue weighted by Crippen LogP contribution is -2.11. The van der Waals surface area contributed by atoms with Crippen molar-refractivity contribution in [2.45, 2.75) is 47.0 Å². The zero-order chi connectivity index (χ0) is 10.6. The molecule has 1 aliphatic carbocycles. The Morgan fingerprint density at radius 1 is 1.47 bits per heavy atom. The molecule has 0 amide bonds. The number of ketones is 1. The van der Waals surface area contributed by atoms with Gasteiger partial charge in [0.1, 0.15) is 5.76 Å². The van der Waals surface area contributed by atoms with Gasteiger partial charge in [0.25, 0.3) is 0 Å². The normalized spacial score (nSPS) is 17.2. The molecule has 86 valence electrons. The van der Waals surface area contributed by atoms with Gasteiger partial charge in [-0.1, -0.05) is 33.8 Å². The highest BCUT2D eigenvalue weighted by Crippen LogP contribution is 2.20. The molecule has 0 saturated heterocycles. The van der Waals surface area contributed by atoms with Gasteiger partial charge in [-0.05, 0) is 24.8 Å². The lowest BCUT2D eigenvalue weighted by atomic mass is 9.94. The highest BCUT2D eigenvalue weighted by atomic mass is 16.3. The van der Waals surface area contributed by atoms with Gasteiger partial charge in [-0.2, -0.15) is 0 Å². The molecule has 0 bridgehead atoms. The summed E-state index contributed by atoms with van der Waals surface area (Å²) in [7, 11) is 0. The Bertz CT molecular complexity index is 274. The van der Waals surface area contributed by atoms with Crippen LogP contribution in [0.3, 0.4) is 0 Å². The predicted molar refractivity (Wildman–Crippen MR) is 63.8 cm³/mol. The molecule has 1 atom stereocenters. The van der Waals surface area contributed by atoms with E-state index in [1.165, 1.54) is 0 Å². The van der Waals surface area contributed by atoms with E-state index >= 15 is 0 Å². The van der Waals surface area contributed by atoms with E-state index in [-0.39, 0.29) is 19.0 Å². The van der Waals surface area contributed by atoms with Crippen LogP contribution in [-0.4, -0.2) is 10.9 Å². The van der Waals surface area contributed by atoms with Crippen molar-refractivity contribution in [3.8, 4) is 0 Å². The van der Waals surface area contributed by atoms with Gasteiger partial charge < -0.3 is 5.11 Å². The first-order valence-electron chi connectivity index (χ1n) is 5.28. The van der Waals surface area contributed by atoms with Gasteiger partial charge in [-0.25, -0.2) is 0 Å². The topological polar surface area (TPSA) is 37.3 Å². The number of aliphatic hydroxyl groups is 1. The van der Waals surface area contributed by atoms with Crippen molar-refractivity contribution < 1.29 is 9.90 Å². The van der Waals surface area contributed by atoms with Crippen LogP contribution < -0.4 is 0 Å². The van der Waals surface area contributed by atoms with Gasteiger partial charge in [0.15, 0.2) is 5.78 Å². The summed E-state index contributed by atoms with van der Waals surface area (Å²) in [6, 6.07) is 0. The van der Waals surface area contributed by atoms with Crippen LogP contribution >= 0.6 is 0 Å². The molecule has 1 unspecified atom stereocenters. The quantitative estimate of drug-likeness (QED) is 0.766. The van der Waals surface area contributed by atoms with Gasteiger partial charge in [0.2, 0.25) is 0 Å². The number of hydrogen-bond acceptors (Lipinski definition) is 2. The van der Waals surface area contributed by atoms with Gasteiger partial charge in [-0.3, -0.25) is 4.79 Å². The van der Waals surface area contributed by atoms with Crippen molar-refractivity contribution in [2.24, 2.45) is 5.92 Å². The summed E-state index contributed by atoms with van der Waals surface area (Å²) in [5.74, 6) is 0.649. The molecular weight excluding hydrogens is 188 g/mol. The van der Waals surface area contributed by atoms with Crippen LogP contribution in [0, 0.1) is 5.92 Å². The maximum Gasteiger partial charge on any atom is 0.166 e. The van der Waals surface area contributed by atoms with Crippen LogP contribution in [0.5, 0.6) is 0 Å². The second kappa shape index (κ2) is 6.44. The summed E-state index contributed by atoms with van der Waals surface area (Å²) in [6.45, 7) is 4.13. The van der Waals surface area contributed by atoms with Gasteiger partial charge >= 0.3 is 0 Å². The van der Waals surface area contributed by atoms with E-state index < -0.39 is 0 Å². The van der Waals surface area contributed by atoms with E-state index in [2.05, 4.69) is 13.8 Å². The number of carbonyl (C=O) groups is 1. The minimum atomic E-state index is 0. The molecule has 0 aromatic carbocycles. The molecule has 0 aromatic rings. The highest BCUT2D eigenvalue weighted by Gasteiger charge is 2.17. The maximum atomic E-state index is 11.7. The van der Waals surface area contributed by atoms with E-state index in [4.69, 9.17) is 0 Å². The summed E-state index contributed by atoms with van der Waals surface area (Å²) in [5, 5.41) is 9.50. The van der Waals surface area contributed by atoms with E-state index in [0.717, 1.165) is 19.3 Å². The van der Waals surface area contributed by atoms with Crippen LogP contribution in [0.1, 0.15) is 47.0 Å². The minimum Gasteiger partial charge on any atom is -0.508 e. The summed E-state index contributed by atoms with van der Waals surface area (Å²) in [4.78, 5) is 11.7. The highest BCUT2D eigenvalue weighted by molar-refractivity contribution is 5.99. The zero-order valence-corrected chi connectivity index (χ0v) is 8.92. The van der Waals surface area contributed by atoms with Crippen molar-refractivity contribution in [1.82, 2.24) is 0 Å². The minimum absolute atomic E-state index is 0. The summed E-state index contributed by atoms with van der Waals surface area (Å²) < 4.78 is 0. The third kappa shape index (κ3) is 3.90. The number of aliphatic hydroxyl groups excluding tert-OH is 1. The lowest BCUT2D eigenvalue weighted by molar-refractivity contribution is -0.116. The molecule has 1 rings (SSSR count). The van der Waals surface area contributed by atoms with E-state index in [0.29, 0.717) is 17.9 Å². The largest absolute Gasteiger partial charge is 0.508 e. The van der Waals surface area contributed by atoms with Crippen LogP contribution in [-0.2, 0) is 4.79 Å². The monoisotopic (exact) mass is 210 g/mol. The molecule has 1 aliphatic rings. The molecular formula is C13H22O2. The Labute approximate surface area is 92.7 Å². The Kier molecular flexibility index (Phi) is 5.99.